The largest absolute Gasteiger partial charge is 0.492 e. The zero-order valence-corrected chi connectivity index (χ0v) is 53.0. The Morgan fingerprint density at radius 1 is 0.364 bits per heavy atom. The Bertz CT molecular complexity index is 4410. The fourth-order valence-corrected chi connectivity index (χ4v) is 13.9. The Hall–Kier alpha value is -8.31. The molecule has 452 valence electrons. The third-order valence-electron chi connectivity index (χ3n) is 17.4. The molecule has 0 aliphatic rings. The average Bonchev–Trinajstić information content (AvgIpc) is 1.65. The van der Waals surface area contributed by atoms with Gasteiger partial charge in [0.15, 0.2) is 0 Å². The molecule has 0 saturated heterocycles. The maximum Gasteiger partial charge on any atom is 0.492 e. The normalized spacial score (nSPS) is 12.6. The molecule has 0 atom stereocenters. The second kappa shape index (κ2) is 23.0. The van der Waals surface area contributed by atoms with Crippen molar-refractivity contribution in [2.75, 3.05) is 27.2 Å². The minimum atomic E-state index is -4.27. The molecule has 0 spiro atoms. The predicted molar refractivity (Wildman–Crippen MR) is 355 cm³/mol. The highest BCUT2D eigenvalue weighted by Crippen LogP contribution is 2.37. The van der Waals surface area contributed by atoms with E-state index in [2.05, 4.69) is 48.5 Å². The van der Waals surface area contributed by atoms with Gasteiger partial charge in [-0.3, -0.25) is 28.8 Å². The van der Waals surface area contributed by atoms with Crippen molar-refractivity contribution in [3.8, 4) is 11.4 Å². The summed E-state index contributed by atoms with van der Waals surface area (Å²) in [5, 5.41) is 12.0. The number of amides is 2. The molecule has 11 aromatic rings. The van der Waals surface area contributed by atoms with E-state index in [1.54, 1.807) is 62.6 Å². The van der Waals surface area contributed by atoms with Crippen molar-refractivity contribution in [2.45, 2.75) is 104 Å². The van der Waals surface area contributed by atoms with Crippen LogP contribution in [-0.4, -0.2) is 104 Å². The molecule has 2 aromatic heterocycles. The Kier molecular flexibility index (Phi) is 16.0. The van der Waals surface area contributed by atoms with Crippen molar-refractivity contribution in [3.63, 3.8) is 0 Å². The molecule has 9 aromatic carbocycles. The number of carbonyl (C=O) groups is 2. The third kappa shape index (κ3) is 11.5. The second-order valence-corrected chi connectivity index (χ2v) is 29.3. The average molecular weight is 1220 g/mol. The van der Waals surface area contributed by atoms with Crippen LogP contribution < -0.4 is 22.2 Å². The van der Waals surface area contributed by atoms with Gasteiger partial charge in [0, 0.05) is 50.4 Å². The molecule has 2 heterocycles. The van der Waals surface area contributed by atoms with Gasteiger partial charge in [-0.2, -0.15) is 0 Å². The van der Waals surface area contributed by atoms with Crippen LogP contribution in [0.3, 0.4) is 0 Å². The van der Waals surface area contributed by atoms with Crippen LogP contribution in [0.25, 0.3) is 97.6 Å². The van der Waals surface area contributed by atoms with E-state index in [-0.39, 0.29) is 95.1 Å². The number of hydrogen-bond acceptors (Lipinski definition) is 12. The molecule has 6 N–H and O–H groups in total. The van der Waals surface area contributed by atoms with Crippen LogP contribution in [0.5, 0.6) is 0 Å². The summed E-state index contributed by atoms with van der Waals surface area (Å²) < 4.78 is 2.53. The quantitative estimate of drug-likeness (QED) is 0.0391. The highest BCUT2D eigenvalue weighted by Gasteiger charge is 2.31. The molecule has 2 amide bonds. The van der Waals surface area contributed by atoms with E-state index < -0.39 is 39.8 Å². The van der Waals surface area contributed by atoms with E-state index in [4.69, 9.17) is 0 Å². The Balaban J connectivity index is 0.956. The lowest BCUT2D eigenvalue weighted by Gasteiger charge is -2.23. The number of hydrogen-bond donors (Lipinski definition) is 6. The number of benzene rings is 8. The van der Waals surface area contributed by atoms with Gasteiger partial charge in [0.05, 0.1) is 32.9 Å². The summed E-state index contributed by atoms with van der Waals surface area (Å²) in [7, 11) is -5.32. The molecule has 16 nitrogen and oxygen atoms in total. The lowest BCUT2D eigenvalue weighted by atomic mass is 9.89. The SMILES string of the molecule is CC(C)c1cc(C(=O)N(C)CCC[Si](O)(O)O)cc(C(C)C)c1-n1c(=O)c2cc3cc4cc5ccc6cc7cc8cc9c(=O)n(-c%10c(C(C)C)cc(C(=O)N(C)CCC[Si](O)(O)O)cc%10C(C)C)c(=O)c9cc8cc7cc6ccc5cc4cc3cc2c1=O. The highest BCUT2D eigenvalue weighted by atomic mass is 28.4. The van der Waals surface area contributed by atoms with Crippen LogP contribution in [0.15, 0.2) is 141 Å². The van der Waals surface area contributed by atoms with Crippen LogP contribution in [-0.2, 0) is 0 Å². The molecule has 88 heavy (non-hydrogen) atoms. The zero-order valence-electron chi connectivity index (χ0n) is 51.0. The minimum Gasteiger partial charge on any atom is -0.390 e. The van der Waals surface area contributed by atoms with Crippen molar-refractivity contribution < 1.29 is 38.4 Å². The minimum absolute atomic E-state index is 0.180. The van der Waals surface area contributed by atoms with Crippen LogP contribution >= 0.6 is 0 Å². The fraction of sp³-hybridized carbons (Fsp3) is 0.286. The first-order chi connectivity index (χ1) is 41.5. The Morgan fingerprint density at radius 2 is 0.580 bits per heavy atom. The number of rotatable bonds is 16. The molecule has 18 heteroatoms. The van der Waals surface area contributed by atoms with E-state index in [0.717, 1.165) is 64.6 Å². The second-order valence-electron chi connectivity index (χ2n) is 25.2. The number of carbonyl (C=O) groups excluding carboxylic acids is 2. The first-order valence-electron chi connectivity index (χ1n) is 29.9. The molecule has 0 aliphatic heterocycles. The smallest absolute Gasteiger partial charge is 0.390 e. The number of aromatic nitrogens is 2. The summed E-state index contributed by atoms with van der Waals surface area (Å²) >= 11 is 0. The lowest BCUT2D eigenvalue weighted by Crippen LogP contribution is -2.36. The Labute approximate surface area is 509 Å². The summed E-state index contributed by atoms with van der Waals surface area (Å²) in [4.78, 5) is 146. The van der Waals surface area contributed by atoms with Crippen LogP contribution in [0, 0.1) is 0 Å². The standard InChI is InChI=1S/C70H72N4O12Si2/c1-37(2)55-33-53(65(75)71(9)17-11-19-87(81,82)83)34-56(38(3)4)63(55)73-67(77)59-29-49-25-45-21-41-13-15-43-23-47-27-51-31-61-62(32-52(51)28-48(47)24-44(43)16-14-42(41)22-46(45)26-50(49)30-60(59)68(73)78)70(80)74(69(61)79)64-57(39(5)6)35-54(36-58(64)40(7)8)66(76)72(10)18-12-20-88(84,85)86/h13-16,21-40,81-86H,11-12,17-20H2,1-10H3. The summed E-state index contributed by atoms with van der Waals surface area (Å²) in [6.45, 7) is 16.0. The fourth-order valence-electron chi connectivity index (χ4n) is 12.6. The highest BCUT2D eigenvalue weighted by molar-refractivity contribution is 6.56. The van der Waals surface area contributed by atoms with Gasteiger partial charge in [0.2, 0.25) is 0 Å². The molecular weight excluding hydrogens is 1140 g/mol. The van der Waals surface area contributed by atoms with Gasteiger partial charge in [-0.1, -0.05) is 79.7 Å². The van der Waals surface area contributed by atoms with Gasteiger partial charge in [0.1, 0.15) is 0 Å². The molecule has 0 fully saturated rings. The van der Waals surface area contributed by atoms with Crippen LogP contribution in [0.4, 0.5) is 0 Å². The third-order valence-corrected chi connectivity index (χ3v) is 19.4. The monoisotopic (exact) mass is 1220 g/mol. The summed E-state index contributed by atoms with van der Waals surface area (Å²) in [5.41, 5.74) is 2.55. The first kappa shape index (κ1) is 61.3. The van der Waals surface area contributed by atoms with E-state index >= 15 is 0 Å². The molecule has 0 aliphatic carbocycles. The van der Waals surface area contributed by atoms with Crippen LogP contribution in [0.2, 0.25) is 12.1 Å². The van der Waals surface area contributed by atoms with Crippen molar-refractivity contribution >= 4 is 116 Å². The summed E-state index contributed by atoms with van der Waals surface area (Å²) in [6, 6.07) is 38.7. The molecule has 0 radical (unpaired) electrons. The van der Waals surface area contributed by atoms with E-state index in [0.29, 0.717) is 44.8 Å². The maximum atomic E-state index is 14.7. The van der Waals surface area contributed by atoms with Crippen molar-refractivity contribution in [1.82, 2.24) is 18.9 Å². The number of nitrogens with zero attached hydrogens (tertiary/aromatic N) is 4. The van der Waals surface area contributed by atoms with Crippen molar-refractivity contribution in [1.29, 1.82) is 0 Å². The van der Waals surface area contributed by atoms with Gasteiger partial charge in [0.25, 0.3) is 34.1 Å². The van der Waals surface area contributed by atoms with Gasteiger partial charge in [-0.25, -0.2) is 9.13 Å². The predicted octanol–water partition coefficient (Wildman–Crippen LogP) is 10.6. The van der Waals surface area contributed by atoms with Crippen molar-refractivity contribution in [2.24, 2.45) is 0 Å². The van der Waals surface area contributed by atoms with Gasteiger partial charge in [-0.05, 0) is 220 Å². The summed E-state index contributed by atoms with van der Waals surface area (Å²) in [5.74, 6) is -1.37. The molecule has 0 unspecified atom stereocenters. The molecule has 0 saturated carbocycles. The lowest BCUT2D eigenvalue weighted by molar-refractivity contribution is 0.0785. The van der Waals surface area contributed by atoms with Gasteiger partial charge in [-0.15, -0.1) is 0 Å². The topological polar surface area (TPSA) is 240 Å². The van der Waals surface area contributed by atoms with Crippen LogP contribution in [0.1, 0.15) is 135 Å². The van der Waals surface area contributed by atoms with Crippen molar-refractivity contribution in [3.05, 3.63) is 196 Å². The maximum absolute atomic E-state index is 14.7. The van der Waals surface area contributed by atoms with E-state index in [9.17, 15) is 57.5 Å². The first-order valence-corrected chi connectivity index (χ1v) is 34.0. The van der Waals surface area contributed by atoms with Gasteiger partial charge < -0.3 is 38.6 Å². The summed E-state index contributed by atoms with van der Waals surface area (Å²) in [6.07, 6.45) is 0.389. The molecular formula is C70H72N4O12Si2. The van der Waals surface area contributed by atoms with E-state index in [1.807, 2.05) is 79.7 Å². The Morgan fingerprint density at radius 3 is 0.795 bits per heavy atom. The number of fused-ring (bicyclic) bond motifs is 8. The van der Waals surface area contributed by atoms with E-state index in [1.165, 1.54) is 18.9 Å². The zero-order chi connectivity index (χ0) is 63.3. The van der Waals surface area contributed by atoms with Gasteiger partial charge >= 0.3 is 17.6 Å². The molecule has 0 bridgehead atoms. The molecule has 11 rings (SSSR count).